The molecule has 7 heteroatoms. The normalized spacial score (nSPS) is 21.5. The fourth-order valence-electron chi connectivity index (χ4n) is 3.78. The van der Waals surface area contributed by atoms with Gasteiger partial charge in [-0.3, -0.25) is 14.6 Å². The van der Waals surface area contributed by atoms with Crippen molar-refractivity contribution in [2.75, 3.05) is 39.3 Å². The Kier molecular flexibility index (Phi) is 6.31. The Hall–Kier alpha value is -2.15. The molecule has 3 rings (SSSR count). The van der Waals surface area contributed by atoms with E-state index in [1.807, 2.05) is 17.0 Å². The first-order chi connectivity index (χ1) is 12.9. The Balaban J connectivity index is 1.66. The van der Waals surface area contributed by atoms with Gasteiger partial charge in [0.05, 0.1) is 6.54 Å². The quantitative estimate of drug-likeness (QED) is 0.790. The molecule has 2 aliphatic rings. The first-order valence-electron chi connectivity index (χ1n) is 9.62. The molecule has 0 aromatic heterocycles. The zero-order valence-electron chi connectivity index (χ0n) is 16.1. The number of hydrogen-bond donors (Lipinski definition) is 0. The van der Waals surface area contributed by atoms with Gasteiger partial charge in [-0.05, 0) is 30.0 Å². The molecule has 2 saturated heterocycles. The van der Waals surface area contributed by atoms with Crippen LogP contribution in [-0.2, 0) is 16.1 Å². The summed E-state index contributed by atoms with van der Waals surface area (Å²) in [4.78, 5) is 30.1. The van der Waals surface area contributed by atoms with Gasteiger partial charge in [-0.15, -0.1) is 0 Å². The Morgan fingerprint density at radius 1 is 1.22 bits per heavy atom. The highest BCUT2D eigenvalue weighted by Crippen LogP contribution is 2.20. The number of rotatable bonds is 5. The minimum absolute atomic E-state index is 0.0249. The molecule has 1 atom stereocenters. The van der Waals surface area contributed by atoms with Crippen molar-refractivity contribution in [1.82, 2.24) is 14.7 Å². The average molecular weight is 377 g/mol. The second-order valence-electron chi connectivity index (χ2n) is 7.64. The number of halogens is 1. The smallest absolute Gasteiger partial charge is 0.410 e. The highest BCUT2D eigenvalue weighted by molar-refractivity contribution is 5.83. The number of benzene rings is 1. The fourth-order valence-corrected chi connectivity index (χ4v) is 3.78. The summed E-state index contributed by atoms with van der Waals surface area (Å²) in [7, 11) is 0. The third-order valence-corrected chi connectivity index (χ3v) is 5.34. The monoisotopic (exact) mass is 377 g/mol. The van der Waals surface area contributed by atoms with Gasteiger partial charge >= 0.3 is 6.09 Å². The summed E-state index contributed by atoms with van der Waals surface area (Å²) in [6.07, 6.45) is 0.470. The van der Waals surface area contributed by atoms with Crippen LogP contribution in [0.4, 0.5) is 9.18 Å². The lowest BCUT2D eigenvalue weighted by molar-refractivity contribution is -0.132. The van der Waals surface area contributed by atoms with Crippen LogP contribution in [0.1, 0.15) is 25.8 Å². The van der Waals surface area contributed by atoms with Crippen LogP contribution < -0.4 is 0 Å². The minimum atomic E-state index is -0.406. The van der Waals surface area contributed by atoms with E-state index in [0.29, 0.717) is 32.2 Å². The van der Waals surface area contributed by atoms with Crippen molar-refractivity contribution in [3.05, 3.63) is 35.6 Å². The molecular formula is C20H28FN3O3. The molecule has 6 nitrogen and oxygen atoms in total. The lowest BCUT2D eigenvalue weighted by Gasteiger charge is -2.35. The average Bonchev–Trinajstić information content (AvgIpc) is 2.91. The van der Waals surface area contributed by atoms with Crippen molar-refractivity contribution < 1.29 is 18.7 Å². The standard InChI is InChI=1S/C20H28FN3O3/c1-15(2)18-13-23(19(25)14-24-10-11-27-20(24)26)9-3-8-22(18)12-16-4-6-17(21)7-5-16/h4-7,15,18H,3,8-14H2,1-2H3/t18-/m0/s1. The first-order valence-corrected chi connectivity index (χ1v) is 9.62. The van der Waals surface area contributed by atoms with Gasteiger partial charge < -0.3 is 9.64 Å². The SMILES string of the molecule is CC(C)[C@@H]1CN(C(=O)CN2CCOC2=O)CCCN1Cc1ccc(F)cc1. The van der Waals surface area contributed by atoms with E-state index in [4.69, 9.17) is 4.74 Å². The highest BCUT2D eigenvalue weighted by Gasteiger charge is 2.32. The molecule has 0 unspecified atom stereocenters. The maximum atomic E-state index is 13.2. The van der Waals surface area contributed by atoms with E-state index in [-0.39, 0.29) is 24.3 Å². The molecule has 0 bridgehead atoms. The molecule has 0 saturated carbocycles. The van der Waals surface area contributed by atoms with E-state index in [1.165, 1.54) is 17.0 Å². The third kappa shape index (κ3) is 4.97. The molecule has 2 aliphatic heterocycles. The summed E-state index contributed by atoms with van der Waals surface area (Å²) >= 11 is 0. The van der Waals surface area contributed by atoms with Crippen LogP contribution in [0.3, 0.4) is 0 Å². The Labute approximate surface area is 159 Å². The largest absolute Gasteiger partial charge is 0.448 e. The summed E-state index contributed by atoms with van der Waals surface area (Å²) in [6.45, 7) is 8.18. The highest BCUT2D eigenvalue weighted by atomic mass is 19.1. The van der Waals surface area contributed by atoms with Gasteiger partial charge in [0, 0.05) is 32.2 Å². The fraction of sp³-hybridized carbons (Fsp3) is 0.600. The molecule has 2 fully saturated rings. The summed E-state index contributed by atoms with van der Waals surface area (Å²) < 4.78 is 18.1. The van der Waals surface area contributed by atoms with E-state index in [1.54, 1.807) is 0 Å². The van der Waals surface area contributed by atoms with Crippen molar-refractivity contribution in [1.29, 1.82) is 0 Å². The number of amides is 2. The molecule has 2 heterocycles. The zero-order chi connectivity index (χ0) is 19.4. The third-order valence-electron chi connectivity index (χ3n) is 5.34. The van der Waals surface area contributed by atoms with E-state index >= 15 is 0 Å². The van der Waals surface area contributed by atoms with Crippen molar-refractivity contribution in [2.45, 2.75) is 32.9 Å². The molecule has 1 aromatic carbocycles. The summed E-state index contributed by atoms with van der Waals surface area (Å²) in [6, 6.07) is 6.83. The van der Waals surface area contributed by atoms with E-state index in [0.717, 1.165) is 25.1 Å². The van der Waals surface area contributed by atoms with Gasteiger partial charge in [-0.25, -0.2) is 9.18 Å². The summed E-state index contributed by atoms with van der Waals surface area (Å²) in [5.74, 6) is 0.117. The van der Waals surface area contributed by atoms with Crippen LogP contribution in [0, 0.1) is 11.7 Å². The second kappa shape index (κ2) is 8.69. The molecule has 0 spiro atoms. The van der Waals surface area contributed by atoms with Gasteiger partial charge in [-0.1, -0.05) is 26.0 Å². The molecule has 0 N–H and O–H groups in total. The molecule has 0 aliphatic carbocycles. The predicted octanol–water partition coefficient (Wildman–Crippen LogP) is 2.34. The number of hydrogen-bond acceptors (Lipinski definition) is 4. The number of nitrogens with zero attached hydrogens (tertiary/aromatic N) is 3. The van der Waals surface area contributed by atoms with Crippen molar-refractivity contribution in [3.63, 3.8) is 0 Å². The van der Waals surface area contributed by atoms with Crippen LogP contribution in [0.5, 0.6) is 0 Å². The van der Waals surface area contributed by atoms with Crippen molar-refractivity contribution >= 4 is 12.0 Å². The van der Waals surface area contributed by atoms with Gasteiger partial charge in [0.2, 0.25) is 5.91 Å². The molecule has 1 aromatic rings. The van der Waals surface area contributed by atoms with Gasteiger partial charge in [-0.2, -0.15) is 0 Å². The number of carbonyl (C=O) groups is 2. The molecule has 2 amide bonds. The van der Waals surface area contributed by atoms with Crippen molar-refractivity contribution in [3.8, 4) is 0 Å². The Morgan fingerprint density at radius 2 is 1.96 bits per heavy atom. The summed E-state index contributed by atoms with van der Waals surface area (Å²) in [5.41, 5.74) is 1.07. The topological polar surface area (TPSA) is 53.1 Å². The number of cyclic esters (lactones) is 1. The zero-order valence-corrected chi connectivity index (χ0v) is 16.1. The van der Waals surface area contributed by atoms with Gasteiger partial charge in [0.1, 0.15) is 19.0 Å². The second-order valence-corrected chi connectivity index (χ2v) is 7.64. The minimum Gasteiger partial charge on any atom is -0.448 e. The molecule has 148 valence electrons. The number of ether oxygens (including phenoxy) is 1. The Morgan fingerprint density at radius 3 is 2.59 bits per heavy atom. The van der Waals surface area contributed by atoms with Crippen LogP contribution in [-0.4, -0.2) is 72.1 Å². The molecule has 0 radical (unpaired) electrons. The van der Waals surface area contributed by atoms with E-state index < -0.39 is 6.09 Å². The van der Waals surface area contributed by atoms with Crippen LogP contribution >= 0.6 is 0 Å². The Bertz CT molecular complexity index is 665. The van der Waals surface area contributed by atoms with E-state index in [2.05, 4.69) is 18.7 Å². The lowest BCUT2D eigenvalue weighted by atomic mass is 10.0. The molecule has 27 heavy (non-hydrogen) atoms. The van der Waals surface area contributed by atoms with Gasteiger partial charge in [0.25, 0.3) is 0 Å². The predicted molar refractivity (Wildman–Crippen MR) is 99.6 cm³/mol. The van der Waals surface area contributed by atoms with Crippen LogP contribution in [0.25, 0.3) is 0 Å². The lowest BCUT2D eigenvalue weighted by Crippen LogP contribution is -2.48. The molecular weight excluding hydrogens is 349 g/mol. The van der Waals surface area contributed by atoms with Crippen LogP contribution in [0.15, 0.2) is 24.3 Å². The van der Waals surface area contributed by atoms with Crippen LogP contribution in [0.2, 0.25) is 0 Å². The number of carbonyl (C=O) groups excluding carboxylic acids is 2. The maximum Gasteiger partial charge on any atom is 0.410 e. The maximum absolute atomic E-state index is 13.2. The first kappa shape index (κ1) is 19.6. The summed E-state index contributed by atoms with van der Waals surface area (Å²) in [5, 5.41) is 0. The van der Waals surface area contributed by atoms with Gasteiger partial charge in [0.15, 0.2) is 0 Å². The van der Waals surface area contributed by atoms with Crippen molar-refractivity contribution in [2.24, 2.45) is 5.92 Å². The van der Waals surface area contributed by atoms with E-state index in [9.17, 15) is 14.0 Å².